The highest BCUT2D eigenvalue weighted by molar-refractivity contribution is 7.84. The van der Waals surface area contributed by atoms with Crippen molar-refractivity contribution < 1.29 is 18.8 Å². The number of benzene rings is 2. The van der Waals surface area contributed by atoms with E-state index in [2.05, 4.69) is 0 Å². The summed E-state index contributed by atoms with van der Waals surface area (Å²) in [5.41, 5.74) is 1.80. The van der Waals surface area contributed by atoms with Crippen LogP contribution < -0.4 is 9.47 Å². The zero-order valence-corrected chi connectivity index (χ0v) is 12.9. The van der Waals surface area contributed by atoms with Crippen molar-refractivity contribution in [2.75, 3.05) is 14.2 Å². The van der Waals surface area contributed by atoms with Gasteiger partial charge in [-0.05, 0) is 23.3 Å². The van der Waals surface area contributed by atoms with E-state index >= 15 is 0 Å². The van der Waals surface area contributed by atoms with Crippen LogP contribution in [0.25, 0.3) is 0 Å². The molecule has 2 aromatic rings. The molecule has 4 nitrogen and oxygen atoms in total. The summed E-state index contributed by atoms with van der Waals surface area (Å²) in [4.78, 5) is 0.693. The largest absolute Gasteiger partial charge is 0.493 e. The van der Waals surface area contributed by atoms with Gasteiger partial charge in [0.05, 0.1) is 37.4 Å². The molecule has 112 valence electrons. The second kappa shape index (κ2) is 7.24. The molecule has 0 saturated carbocycles. The van der Waals surface area contributed by atoms with Gasteiger partial charge in [-0.25, -0.2) is 0 Å². The molecule has 0 radical (unpaired) electrons. The maximum Gasteiger partial charge on any atom is 0.161 e. The number of aliphatic hydroxyl groups excluding tert-OH is 1. The van der Waals surface area contributed by atoms with E-state index in [-0.39, 0.29) is 6.61 Å². The summed E-state index contributed by atoms with van der Waals surface area (Å²) in [6, 6.07) is 12.7. The molecule has 0 aromatic heterocycles. The first-order chi connectivity index (χ1) is 10.2. The lowest BCUT2D eigenvalue weighted by molar-refractivity contribution is 0.282. The molecular weight excluding hydrogens is 288 g/mol. The maximum atomic E-state index is 12.4. The lowest BCUT2D eigenvalue weighted by Gasteiger charge is -2.09. The van der Waals surface area contributed by atoms with E-state index in [1.807, 2.05) is 24.3 Å². The average molecular weight is 306 g/mol. The van der Waals surface area contributed by atoms with Crippen LogP contribution >= 0.6 is 0 Å². The predicted molar refractivity (Wildman–Crippen MR) is 82.0 cm³/mol. The molecule has 0 amide bonds. The number of hydrogen-bond acceptors (Lipinski definition) is 4. The molecule has 1 N–H and O–H groups in total. The van der Waals surface area contributed by atoms with Gasteiger partial charge >= 0.3 is 0 Å². The standard InChI is InChI=1S/C16H18O4S/c1-19-15-8-7-14(9-16(15)20-2)21(18)11-13-5-3-12(10-17)4-6-13/h3-9,17H,10-11H2,1-2H3. The van der Waals surface area contributed by atoms with Gasteiger partial charge in [0.25, 0.3) is 0 Å². The lowest BCUT2D eigenvalue weighted by Crippen LogP contribution is -1.98. The normalized spacial score (nSPS) is 12.0. The highest BCUT2D eigenvalue weighted by Crippen LogP contribution is 2.29. The molecule has 2 aromatic carbocycles. The molecule has 0 bridgehead atoms. The zero-order valence-electron chi connectivity index (χ0n) is 12.0. The van der Waals surface area contributed by atoms with Gasteiger partial charge < -0.3 is 14.6 Å². The summed E-state index contributed by atoms with van der Waals surface area (Å²) in [6.45, 7) is 0.0129. The van der Waals surface area contributed by atoms with Gasteiger partial charge in [-0.15, -0.1) is 0 Å². The fourth-order valence-corrected chi connectivity index (χ4v) is 3.05. The van der Waals surface area contributed by atoms with Gasteiger partial charge in [0.1, 0.15) is 0 Å². The molecule has 1 atom stereocenters. The Hall–Kier alpha value is -1.85. The van der Waals surface area contributed by atoms with Crippen LogP contribution in [0.1, 0.15) is 11.1 Å². The molecule has 2 rings (SSSR count). The van der Waals surface area contributed by atoms with Crippen molar-refractivity contribution in [1.82, 2.24) is 0 Å². The minimum atomic E-state index is -1.16. The summed E-state index contributed by atoms with van der Waals surface area (Å²) in [6.07, 6.45) is 0. The Balaban J connectivity index is 2.15. The van der Waals surface area contributed by atoms with Crippen LogP contribution in [0.4, 0.5) is 0 Å². The van der Waals surface area contributed by atoms with Crippen molar-refractivity contribution in [3.8, 4) is 11.5 Å². The topological polar surface area (TPSA) is 55.8 Å². The zero-order chi connectivity index (χ0) is 15.2. The maximum absolute atomic E-state index is 12.4. The van der Waals surface area contributed by atoms with Gasteiger partial charge in [0.2, 0.25) is 0 Å². The van der Waals surface area contributed by atoms with Crippen LogP contribution in [0.15, 0.2) is 47.4 Å². The third-order valence-corrected chi connectivity index (χ3v) is 4.50. The third kappa shape index (κ3) is 3.83. The Kier molecular flexibility index (Phi) is 5.36. The minimum absolute atomic E-state index is 0.0129. The molecule has 0 aliphatic heterocycles. The van der Waals surface area contributed by atoms with E-state index in [1.54, 1.807) is 32.4 Å². The molecule has 1 unspecified atom stereocenters. The van der Waals surface area contributed by atoms with Crippen LogP contribution in [-0.4, -0.2) is 23.5 Å². The minimum Gasteiger partial charge on any atom is -0.493 e. The van der Waals surface area contributed by atoms with E-state index in [0.29, 0.717) is 22.1 Å². The first-order valence-electron chi connectivity index (χ1n) is 6.47. The Morgan fingerprint density at radius 2 is 1.57 bits per heavy atom. The van der Waals surface area contributed by atoms with E-state index < -0.39 is 10.8 Å². The lowest BCUT2D eigenvalue weighted by atomic mass is 10.2. The SMILES string of the molecule is COc1ccc(S(=O)Cc2ccc(CO)cc2)cc1OC. The van der Waals surface area contributed by atoms with Crippen molar-refractivity contribution in [2.45, 2.75) is 17.3 Å². The molecule has 0 aliphatic carbocycles. The summed E-state index contributed by atoms with van der Waals surface area (Å²) in [5, 5.41) is 9.01. The molecule has 0 spiro atoms. The van der Waals surface area contributed by atoms with E-state index in [4.69, 9.17) is 14.6 Å². The van der Waals surface area contributed by atoms with Crippen LogP contribution in [0.3, 0.4) is 0 Å². The van der Waals surface area contributed by atoms with Crippen molar-refractivity contribution in [3.63, 3.8) is 0 Å². The number of aliphatic hydroxyl groups is 1. The molecular formula is C16H18O4S. The first-order valence-corrected chi connectivity index (χ1v) is 7.79. The fraction of sp³-hybridized carbons (Fsp3) is 0.250. The first kappa shape index (κ1) is 15.5. The molecule has 0 fully saturated rings. The summed E-state index contributed by atoms with van der Waals surface area (Å²) >= 11 is 0. The number of methoxy groups -OCH3 is 2. The molecule has 5 heteroatoms. The van der Waals surface area contributed by atoms with E-state index in [9.17, 15) is 4.21 Å². The average Bonchev–Trinajstić information content (AvgIpc) is 2.54. The second-order valence-corrected chi connectivity index (χ2v) is 5.93. The Bertz CT molecular complexity index is 623. The Labute approximate surface area is 126 Å². The van der Waals surface area contributed by atoms with Crippen molar-refractivity contribution in [1.29, 1.82) is 0 Å². The Morgan fingerprint density at radius 1 is 0.952 bits per heavy atom. The van der Waals surface area contributed by atoms with Gasteiger partial charge in [0.15, 0.2) is 11.5 Å². The Morgan fingerprint density at radius 3 is 2.14 bits per heavy atom. The summed E-state index contributed by atoms with van der Waals surface area (Å²) in [7, 11) is 1.96. The molecule has 0 heterocycles. The molecule has 21 heavy (non-hydrogen) atoms. The van der Waals surface area contributed by atoms with Gasteiger partial charge in [0, 0.05) is 11.0 Å². The van der Waals surface area contributed by atoms with E-state index in [1.165, 1.54) is 0 Å². The molecule has 0 aliphatic rings. The van der Waals surface area contributed by atoms with Crippen LogP contribution in [0, 0.1) is 0 Å². The second-order valence-electron chi connectivity index (χ2n) is 4.48. The monoisotopic (exact) mass is 306 g/mol. The predicted octanol–water partition coefficient (Wildman–Crippen LogP) is 2.50. The smallest absolute Gasteiger partial charge is 0.161 e. The summed E-state index contributed by atoms with van der Waals surface area (Å²) in [5.74, 6) is 1.60. The quantitative estimate of drug-likeness (QED) is 0.891. The van der Waals surface area contributed by atoms with Crippen LogP contribution in [0.2, 0.25) is 0 Å². The van der Waals surface area contributed by atoms with Crippen molar-refractivity contribution in [2.24, 2.45) is 0 Å². The number of rotatable bonds is 6. The van der Waals surface area contributed by atoms with Crippen molar-refractivity contribution >= 4 is 10.8 Å². The number of hydrogen-bond donors (Lipinski definition) is 1. The van der Waals surface area contributed by atoms with Gasteiger partial charge in [-0.3, -0.25) is 4.21 Å². The third-order valence-electron chi connectivity index (χ3n) is 3.12. The van der Waals surface area contributed by atoms with E-state index in [0.717, 1.165) is 11.1 Å². The number of ether oxygens (including phenoxy) is 2. The van der Waals surface area contributed by atoms with Crippen LogP contribution in [-0.2, 0) is 23.2 Å². The van der Waals surface area contributed by atoms with Gasteiger partial charge in [-0.2, -0.15) is 0 Å². The summed E-state index contributed by atoms with van der Waals surface area (Å²) < 4.78 is 22.8. The van der Waals surface area contributed by atoms with Crippen LogP contribution in [0.5, 0.6) is 11.5 Å². The highest BCUT2D eigenvalue weighted by atomic mass is 32.2. The molecule has 0 saturated heterocycles. The fourth-order valence-electron chi connectivity index (χ4n) is 1.93. The van der Waals surface area contributed by atoms with Crippen molar-refractivity contribution in [3.05, 3.63) is 53.6 Å². The highest BCUT2D eigenvalue weighted by Gasteiger charge is 2.10. The van der Waals surface area contributed by atoms with Gasteiger partial charge in [-0.1, -0.05) is 24.3 Å².